The summed E-state index contributed by atoms with van der Waals surface area (Å²) in [4.78, 5) is 21.7. The number of rotatable bonds is 13. The molecule has 1 saturated heterocycles. The second-order valence-corrected chi connectivity index (χ2v) is 26.8. The highest BCUT2D eigenvalue weighted by atomic mass is 28.3. The van der Waals surface area contributed by atoms with Gasteiger partial charge in [0.25, 0.3) is 0 Å². The molecule has 0 unspecified atom stereocenters. The van der Waals surface area contributed by atoms with E-state index in [1.165, 1.54) is 5.56 Å². The van der Waals surface area contributed by atoms with Gasteiger partial charge in [-0.2, -0.15) is 5.10 Å². The van der Waals surface area contributed by atoms with Gasteiger partial charge in [-0.15, -0.1) is 0 Å². The van der Waals surface area contributed by atoms with Crippen molar-refractivity contribution in [1.82, 2.24) is 29.1 Å². The standard InChI is InChI=1S/C32H55N7O4Si2/c1-32(2,3)43-31(40)37-14-12-36(13-15-37)21-25-10-11-27-28(20-25)39(24-42-17-19-45(7,8)9)30(34-27)29-26(33)22-38(35-29)23-41-16-18-44(4,5)6/h10-11,20,22H,12-19,21,23-24,33H2,1-9H3. The second-order valence-electron chi connectivity index (χ2n) is 15.6. The van der Waals surface area contributed by atoms with Gasteiger partial charge in [0.2, 0.25) is 0 Å². The quantitative estimate of drug-likeness (QED) is 0.172. The van der Waals surface area contributed by atoms with Crippen molar-refractivity contribution in [3.05, 3.63) is 30.0 Å². The molecule has 4 rings (SSSR count). The van der Waals surface area contributed by atoms with Gasteiger partial charge in [0.1, 0.15) is 19.1 Å². The molecule has 250 valence electrons. The molecule has 0 aliphatic carbocycles. The van der Waals surface area contributed by atoms with Crippen LogP contribution in [0, 0.1) is 0 Å². The van der Waals surface area contributed by atoms with Gasteiger partial charge in [-0.3, -0.25) is 9.47 Å². The van der Waals surface area contributed by atoms with Crippen molar-refractivity contribution in [2.75, 3.05) is 45.1 Å². The lowest BCUT2D eigenvalue weighted by Gasteiger charge is -2.35. The fraction of sp³-hybridized carbons (Fsp3) is 0.656. The SMILES string of the molecule is CC(C)(C)OC(=O)N1CCN(Cc2ccc3nc(-c4nn(COCC[Si](C)(C)C)cc4N)n(COCC[Si](C)(C)C)c3c2)CC1. The molecule has 3 aromatic rings. The van der Waals surface area contributed by atoms with Crippen LogP contribution in [0.25, 0.3) is 22.6 Å². The maximum Gasteiger partial charge on any atom is 0.410 e. The number of fused-ring (bicyclic) bond motifs is 1. The molecule has 11 nitrogen and oxygen atoms in total. The van der Waals surface area contributed by atoms with Gasteiger partial charge in [0.15, 0.2) is 11.5 Å². The molecule has 0 radical (unpaired) electrons. The Bertz CT molecular complexity index is 1430. The number of nitrogens with zero attached hydrogens (tertiary/aromatic N) is 6. The first kappa shape index (κ1) is 35.1. The minimum Gasteiger partial charge on any atom is -0.444 e. The van der Waals surface area contributed by atoms with Crippen LogP contribution in [0.4, 0.5) is 10.5 Å². The molecule has 0 atom stereocenters. The zero-order valence-corrected chi connectivity index (χ0v) is 31.0. The van der Waals surface area contributed by atoms with E-state index in [4.69, 9.17) is 30.0 Å². The van der Waals surface area contributed by atoms with E-state index in [0.717, 1.165) is 42.8 Å². The Morgan fingerprint density at radius 2 is 1.56 bits per heavy atom. The van der Waals surface area contributed by atoms with E-state index in [9.17, 15) is 4.79 Å². The van der Waals surface area contributed by atoms with E-state index in [2.05, 4.69) is 66.9 Å². The molecule has 0 saturated carbocycles. The summed E-state index contributed by atoms with van der Waals surface area (Å²) in [5, 5.41) is 4.79. The van der Waals surface area contributed by atoms with Crippen molar-refractivity contribution >= 4 is 39.0 Å². The van der Waals surface area contributed by atoms with Gasteiger partial charge < -0.3 is 24.8 Å². The number of imidazole rings is 1. The highest BCUT2D eigenvalue weighted by Gasteiger charge is 2.26. The predicted molar refractivity (Wildman–Crippen MR) is 187 cm³/mol. The van der Waals surface area contributed by atoms with Crippen LogP contribution in [0.2, 0.25) is 51.4 Å². The summed E-state index contributed by atoms with van der Waals surface area (Å²) in [5.74, 6) is 0.694. The third-order valence-electron chi connectivity index (χ3n) is 7.68. The summed E-state index contributed by atoms with van der Waals surface area (Å²) in [7, 11) is -2.41. The Morgan fingerprint density at radius 3 is 2.16 bits per heavy atom. The zero-order valence-electron chi connectivity index (χ0n) is 29.0. The first-order chi connectivity index (χ1) is 21.0. The highest BCUT2D eigenvalue weighted by Crippen LogP contribution is 2.29. The molecule has 2 N–H and O–H groups in total. The number of carbonyl (C=O) groups excluding carboxylic acids is 1. The number of hydrogen-bond donors (Lipinski definition) is 1. The van der Waals surface area contributed by atoms with Crippen LogP contribution in [0.5, 0.6) is 0 Å². The normalized spacial score (nSPS) is 15.3. The summed E-state index contributed by atoms with van der Waals surface area (Å²) < 4.78 is 21.6. The fourth-order valence-corrected chi connectivity index (χ4v) is 6.51. The Morgan fingerprint density at radius 1 is 0.933 bits per heavy atom. The van der Waals surface area contributed by atoms with E-state index in [1.807, 2.05) is 27.0 Å². The largest absolute Gasteiger partial charge is 0.444 e. The number of nitrogen functional groups attached to an aromatic ring is 1. The first-order valence-corrected chi connectivity index (χ1v) is 23.6. The molecule has 3 heterocycles. The van der Waals surface area contributed by atoms with Crippen LogP contribution in [-0.4, -0.2) is 96.4 Å². The molecule has 1 amide bonds. The van der Waals surface area contributed by atoms with Gasteiger partial charge in [-0.05, 0) is 50.6 Å². The number of ether oxygens (including phenoxy) is 3. The molecule has 1 fully saturated rings. The minimum absolute atomic E-state index is 0.242. The number of piperazine rings is 1. The third kappa shape index (κ3) is 10.7. The lowest BCUT2D eigenvalue weighted by Crippen LogP contribution is -2.49. The maximum atomic E-state index is 12.5. The number of amides is 1. The van der Waals surface area contributed by atoms with E-state index < -0.39 is 21.7 Å². The Labute approximate surface area is 271 Å². The summed E-state index contributed by atoms with van der Waals surface area (Å²) >= 11 is 0. The highest BCUT2D eigenvalue weighted by molar-refractivity contribution is 6.76. The average Bonchev–Trinajstić information content (AvgIpc) is 3.46. The van der Waals surface area contributed by atoms with Crippen LogP contribution in [0.1, 0.15) is 26.3 Å². The third-order valence-corrected chi connectivity index (χ3v) is 11.1. The topological polar surface area (TPSA) is 113 Å². The summed E-state index contributed by atoms with van der Waals surface area (Å²) in [6, 6.07) is 8.57. The molecule has 1 aromatic carbocycles. The van der Waals surface area contributed by atoms with Crippen molar-refractivity contribution < 1.29 is 19.0 Å². The van der Waals surface area contributed by atoms with Gasteiger partial charge in [-0.25, -0.2) is 14.5 Å². The molecular weight excluding hydrogens is 603 g/mol. The first-order valence-electron chi connectivity index (χ1n) is 16.2. The van der Waals surface area contributed by atoms with Crippen LogP contribution < -0.4 is 5.73 Å². The zero-order chi connectivity index (χ0) is 33.0. The Hall–Kier alpha value is -2.72. The summed E-state index contributed by atoms with van der Waals surface area (Å²) in [5.41, 5.74) is 10.2. The van der Waals surface area contributed by atoms with Gasteiger partial charge >= 0.3 is 6.09 Å². The van der Waals surface area contributed by atoms with Gasteiger partial charge in [-0.1, -0.05) is 45.3 Å². The molecule has 13 heteroatoms. The lowest BCUT2D eigenvalue weighted by atomic mass is 10.1. The van der Waals surface area contributed by atoms with Crippen molar-refractivity contribution in [3.63, 3.8) is 0 Å². The number of nitrogens with two attached hydrogens (primary N) is 1. The lowest BCUT2D eigenvalue weighted by molar-refractivity contribution is 0.0139. The van der Waals surface area contributed by atoms with Crippen LogP contribution >= 0.6 is 0 Å². The Kier molecular flexibility index (Phi) is 11.2. The summed E-state index contributed by atoms with van der Waals surface area (Å²) in [6.07, 6.45) is 1.58. The van der Waals surface area contributed by atoms with Crippen LogP contribution in [0.15, 0.2) is 24.4 Å². The fourth-order valence-electron chi connectivity index (χ4n) is 5.00. The summed E-state index contributed by atoms with van der Waals surface area (Å²) in [6.45, 7) is 25.6. The van der Waals surface area contributed by atoms with E-state index in [-0.39, 0.29) is 6.09 Å². The van der Waals surface area contributed by atoms with E-state index in [1.54, 1.807) is 9.58 Å². The predicted octanol–water partition coefficient (Wildman–Crippen LogP) is 6.16. The number of hydrogen-bond acceptors (Lipinski definition) is 8. The number of anilines is 1. The number of benzene rings is 1. The number of carbonyl (C=O) groups is 1. The second kappa shape index (κ2) is 14.4. The van der Waals surface area contributed by atoms with E-state index >= 15 is 0 Å². The average molecular weight is 658 g/mol. The van der Waals surface area contributed by atoms with Crippen LogP contribution in [-0.2, 0) is 34.2 Å². The van der Waals surface area contributed by atoms with Crippen molar-refractivity contribution in [3.8, 4) is 11.5 Å². The molecule has 2 aromatic heterocycles. The molecule has 1 aliphatic heterocycles. The maximum absolute atomic E-state index is 12.5. The van der Waals surface area contributed by atoms with E-state index in [0.29, 0.717) is 57.0 Å². The monoisotopic (exact) mass is 657 g/mol. The molecule has 1 aliphatic rings. The van der Waals surface area contributed by atoms with Gasteiger partial charge in [0.05, 0.1) is 22.9 Å². The molecular formula is C32H55N7O4Si2. The van der Waals surface area contributed by atoms with Gasteiger partial charge in [0, 0.05) is 62.1 Å². The van der Waals surface area contributed by atoms with Crippen molar-refractivity contribution in [2.24, 2.45) is 0 Å². The minimum atomic E-state index is -1.24. The van der Waals surface area contributed by atoms with Crippen LogP contribution in [0.3, 0.4) is 0 Å². The number of aromatic nitrogens is 4. The molecule has 0 spiro atoms. The molecule has 45 heavy (non-hydrogen) atoms. The Balaban J connectivity index is 1.51. The van der Waals surface area contributed by atoms with Crippen molar-refractivity contribution in [2.45, 2.75) is 97.7 Å². The smallest absolute Gasteiger partial charge is 0.410 e. The molecule has 0 bridgehead atoms. The van der Waals surface area contributed by atoms with Crippen molar-refractivity contribution in [1.29, 1.82) is 0 Å².